The quantitative estimate of drug-likeness (QED) is 0.474. The molecule has 0 fully saturated rings. The molecule has 2 aromatic carbocycles. The van der Waals surface area contributed by atoms with Crippen molar-refractivity contribution >= 4 is 39.1 Å². The van der Waals surface area contributed by atoms with Crippen molar-refractivity contribution in [2.75, 3.05) is 19.0 Å². The summed E-state index contributed by atoms with van der Waals surface area (Å²) in [6, 6.07) is 11.5. The number of anilines is 1. The van der Waals surface area contributed by atoms with Crippen LogP contribution in [0.3, 0.4) is 0 Å². The first-order valence-electron chi connectivity index (χ1n) is 12.8. The summed E-state index contributed by atoms with van der Waals surface area (Å²) in [5.41, 5.74) is 6.94. The van der Waals surface area contributed by atoms with Crippen LogP contribution in [-0.4, -0.2) is 36.0 Å². The number of Topliss-reactive ketones (excluding diaryl/α,β-unsaturated/α-hetero) is 2. The van der Waals surface area contributed by atoms with Gasteiger partial charge < -0.3 is 15.0 Å². The Kier molecular flexibility index (Phi) is 7.08. The van der Waals surface area contributed by atoms with Crippen LogP contribution in [0.15, 0.2) is 63.4 Å². The lowest BCUT2D eigenvalue weighted by Gasteiger charge is -2.42. The molecular formula is C30H31BrN2O4. The molecule has 0 bridgehead atoms. The maximum absolute atomic E-state index is 13.3. The second-order valence-corrected chi connectivity index (χ2v) is 11.0. The fourth-order valence-electron chi connectivity index (χ4n) is 5.74. The summed E-state index contributed by atoms with van der Waals surface area (Å²) >= 11 is 3.57. The Hall–Kier alpha value is -3.19. The lowest BCUT2D eigenvalue weighted by atomic mass is 9.71. The molecule has 37 heavy (non-hydrogen) atoms. The summed E-state index contributed by atoms with van der Waals surface area (Å²) in [5.74, 6) is -0.0860. The van der Waals surface area contributed by atoms with Crippen LogP contribution in [0.5, 0.6) is 5.75 Å². The second kappa shape index (κ2) is 10.3. The third-order valence-electron chi connectivity index (χ3n) is 7.55. The predicted octanol–water partition coefficient (Wildman–Crippen LogP) is 6.13. The average Bonchev–Trinajstić information content (AvgIpc) is 2.87. The van der Waals surface area contributed by atoms with Gasteiger partial charge in [0.2, 0.25) is 0 Å². The Morgan fingerprint density at radius 1 is 0.973 bits per heavy atom. The summed E-state index contributed by atoms with van der Waals surface area (Å²) in [5, 5.41) is 2.94. The van der Waals surface area contributed by atoms with Crippen LogP contribution in [0, 0.1) is 13.8 Å². The molecule has 1 aliphatic heterocycles. The molecule has 0 aromatic heterocycles. The van der Waals surface area contributed by atoms with Crippen LogP contribution in [0.4, 0.5) is 5.69 Å². The molecule has 5 rings (SSSR count). The summed E-state index contributed by atoms with van der Waals surface area (Å²) in [6.07, 6.45) is 4.19. The lowest BCUT2D eigenvalue weighted by molar-refractivity contribution is -0.119. The zero-order valence-electron chi connectivity index (χ0n) is 21.4. The number of halogens is 1. The highest BCUT2D eigenvalue weighted by atomic mass is 79.9. The van der Waals surface area contributed by atoms with Crippen LogP contribution >= 0.6 is 15.9 Å². The van der Waals surface area contributed by atoms with E-state index in [0.717, 1.165) is 63.9 Å². The highest BCUT2D eigenvalue weighted by Crippen LogP contribution is 2.50. The molecule has 0 radical (unpaired) electrons. The van der Waals surface area contributed by atoms with E-state index in [9.17, 15) is 14.4 Å². The number of hydrogen-bond donors (Lipinski definition) is 1. The number of hydrogen-bond acceptors (Lipinski definition) is 5. The number of aryl methyl sites for hydroxylation is 2. The summed E-state index contributed by atoms with van der Waals surface area (Å²) in [7, 11) is 1.98. The largest absolute Gasteiger partial charge is 0.483 e. The number of nitrogens with zero attached hydrogens (tertiary/aromatic N) is 1. The minimum Gasteiger partial charge on any atom is -0.483 e. The average molecular weight is 563 g/mol. The molecule has 1 N–H and O–H groups in total. The van der Waals surface area contributed by atoms with Crippen LogP contribution in [0.1, 0.15) is 61.1 Å². The molecule has 0 unspecified atom stereocenters. The fraction of sp³-hybridized carbons (Fsp3) is 0.367. The Morgan fingerprint density at radius 3 is 2.27 bits per heavy atom. The summed E-state index contributed by atoms with van der Waals surface area (Å²) in [6.45, 7) is 3.74. The first-order valence-corrected chi connectivity index (χ1v) is 13.6. The monoisotopic (exact) mass is 562 g/mol. The van der Waals surface area contributed by atoms with E-state index < -0.39 is 5.92 Å². The minimum absolute atomic E-state index is 0.0848. The number of rotatable bonds is 5. The molecule has 7 heteroatoms. The number of amides is 1. The molecule has 6 nitrogen and oxygen atoms in total. The molecule has 3 aliphatic rings. The number of carbonyl (C=O) groups is 3. The zero-order valence-corrected chi connectivity index (χ0v) is 23.0. The van der Waals surface area contributed by atoms with Gasteiger partial charge in [-0.15, -0.1) is 0 Å². The first kappa shape index (κ1) is 25.5. The molecule has 0 saturated carbocycles. The van der Waals surface area contributed by atoms with Crippen molar-refractivity contribution in [3.05, 3.63) is 80.1 Å². The zero-order chi connectivity index (χ0) is 26.3. The van der Waals surface area contributed by atoms with E-state index in [1.54, 1.807) is 0 Å². The molecule has 192 valence electrons. The maximum atomic E-state index is 13.3. The first-order chi connectivity index (χ1) is 17.7. The summed E-state index contributed by atoms with van der Waals surface area (Å²) in [4.78, 5) is 41.6. The van der Waals surface area contributed by atoms with Crippen molar-refractivity contribution in [1.82, 2.24) is 4.90 Å². The van der Waals surface area contributed by atoms with Gasteiger partial charge in [0.05, 0.1) is 0 Å². The fourth-order valence-corrected chi connectivity index (χ4v) is 6.12. The van der Waals surface area contributed by atoms with E-state index in [2.05, 4.69) is 26.1 Å². The van der Waals surface area contributed by atoms with Gasteiger partial charge in [-0.25, -0.2) is 0 Å². The van der Waals surface area contributed by atoms with Crippen molar-refractivity contribution in [3.63, 3.8) is 0 Å². The van der Waals surface area contributed by atoms with E-state index >= 15 is 0 Å². The molecule has 0 saturated heterocycles. The SMILES string of the molecule is Cc1ccc(C)c(NC(=O)COc2ccc(Br)cc2C2C3=C(CCCC3=O)N(C)C3=C2C(=O)CCC3)c1. The number of benzene rings is 2. The van der Waals surface area contributed by atoms with Gasteiger partial charge in [-0.05, 0) is 74.9 Å². The van der Waals surface area contributed by atoms with Gasteiger partial charge in [-0.1, -0.05) is 28.1 Å². The van der Waals surface area contributed by atoms with Crippen LogP contribution in [0.2, 0.25) is 0 Å². The normalized spacial score (nSPS) is 18.1. The molecular weight excluding hydrogens is 532 g/mol. The topological polar surface area (TPSA) is 75.7 Å². The molecule has 1 heterocycles. The smallest absolute Gasteiger partial charge is 0.262 e. The Labute approximate surface area is 225 Å². The van der Waals surface area contributed by atoms with Crippen molar-refractivity contribution in [3.8, 4) is 5.75 Å². The maximum Gasteiger partial charge on any atom is 0.262 e. The number of ketones is 2. The number of allylic oxidation sites excluding steroid dienone is 4. The Bertz CT molecular complexity index is 1330. The molecule has 2 aliphatic carbocycles. The molecule has 0 atom stereocenters. The van der Waals surface area contributed by atoms with E-state index in [1.165, 1.54) is 0 Å². The third-order valence-corrected chi connectivity index (χ3v) is 8.05. The molecule has 1 amide bonds. The van der Waals surface area contributed by atoms with Crippen LogP contribution < -0.4 is 10.1 Å². The second-order valence-electron chi connectivity index (χ2n) is 10.1. The van der Waals surface area contributed by atoms with Gasteiger partial charge >= 0.3 is 0 Å². The van der Waals surface area contributed by atoms with E-state index in [0.29, 0.717) is 29.7 Å². The van der Waals surface area contributed by atoms with Gasteiger partial charge in [0.25, 0.3) is 5.91 Å². The van der Waals surface area contributed by atoms with E-state index in [-0.39, 0.29) is 24.1 Å². The lowest BCUT2D eigenvalue weighted by Crippen LogP contribution is -2.37. The van der Waals surface area contributed by atoms with Gasteiger partial charge in [-0.3, -0.25) is 14.4 Å². The van der Waals surface area contributed by atoms with Gasteiger partial charge in [0.1, 0.15) is 5.75 Å². The molecule has 0 spiro atoms. The van der Waals surface area contributed by atoms with Gasteiger partial charge in [-0.2, -0.15) is 0 Å². The van der Waals surface area contributed by atoms with Crippen molar-refractivity contribution in [1.29, 1.82) is 0 Å². The van der Waals surface area contributed by atoms with Crippen molar-refractivity contribution in [2.45, 2.75) is 58.3 Å². The van der Waals surface area contributed by atoms with E-state index in [1.807, 2.05) is 57.3 Å². The highest BCUT2D eigenvalue weighted by Gasteiger charge is 2.43. The Morgan fingerprint density at radius 2 is 1.62 bits per heavy atom. The highest BCUT2D eigenvalue weighted by molar-refractivity contribution is 9.10. The summed E-state index contributed by atoms with van der Waals surface area (Å²) < 4.78 is 6.92. The van der Waals surface area contributed by atoms with Gasteiger partial charge in [0.15, 0.2) is 18.2 Å². The minimum atomic E-state index is -0.489. The molecule has 2 aromatic rings. The van der Waals surface area contributed by atoms with Crippen LogP contribution in [-0.2, 0) is 14.4 Å². The number of ether oxygens (including phenoxy) is 1. The predicted molar refractivity (Wildman–Crippen MR) is 146 cm³/mol. The van der Waals surface area contributed by atoms with Gasteiger partial charge in [0, 0.05) is 64.1 Å². The van der Waals surface area contributed by atoms with Crippen molar-refractivity contribution in [2.24, 2.45) is 0 Å². The van der Waals surface area contributed by atoms with Crippen molar-refractivity contribution < 1.29 is 19.1 Å². The third kappa shape index (κ3) is 4.89. The number of carbonyl (C=O) groups excluding carboxylic acids is 3. The van der Waals surface area contributed by atoms with E-state index in [4.69, 9.17) is 4.74 Å². The van der Waals surface area contributed by atoms with Crippen LogP contribution in [0.25, 0.3) is 0 Å². The number of nitrogens with one attached hydrogen (secondary N) is 1. The Balaban J connectivity index is 1.51. The standard InChI is InChI=1S/C30H31BrN2O4/c1-17-10-11-18(2)21(14-17)32-27(36)16-37-26-13-12-19(31)15-20(26)28-29-22(6-4-8-24(29)34)33(3)23-7-5-9-25(35)30(23)28/h10-15,28H,4-9,16H2,1-3H3,(H,32,36).